The Morgan fingerprint density at radius 3 is 2.74 bits per heavy atom. The van der Waals surface area contributed by atoms with Crippen LogP contribution in [0.3, 0.4) is 0 Å². The molecule has 19 heavy (non-hydrogen) atoms. The van der Waals surface area contributed by atoms with Crippen molar-refractivity contribution in [2.45, 2.75) is 19.3 Å². The summed E-state index contributed by atoms with van der Waals surface area (Å²) in [5.41, 5.74) is 6.98. The highest BCUT2D eigenvalue weighted by atomic mass is 16.5. The van der Waals surface area contributed by atoms with Gasteiger partial charge in [0, 0.05) is 32.5 Å². The molecule has 1 aliphatic heterocycles. The summed E-state index contributed by atoms with van der Waals surface area (Å²) in [4.78, 5) is 14.0. The number of nitrogens with two attached hydrogens (primary N) is 1. The minimum absolute atomic E-state index is 0.00478. The van der Waals surface area contributed by atoms with Crippen molar-refractivity contribution in [1.82, 2.24) is 4.90 Å². The van der Waals surface area contributed by atoms with E-state index in [9.17, 15) is 4.79 Å². The zero-order valence-electron chi connectivity index (χ0n) is 11.5. The SMILES string of the molecule is CN(CCC1CCOCC1)C(=O)c1ccccc1N. The first-order valence-corrected chi connectivity index (χ1v) is 6.86. The van der Waals surface area contributed by atoms with Crippen LogP contribution in [0.25, 0.3) is 0 Å². The van der Waals surface area contributed by atoms with Crippen LogP contribution in [0.4, 0.5) is 5.69 Å². The Balaban J connectivity index is 1.87. The van der Waals surface area contributed by atoms with Gasteiger partial charge in [-0.1, -0.05) is 12.1 Å². The first kappa shape index (κ1) is 13.9. The van der Waals surface area contributed by atoms with Crippen LogP contribution in [0.1, 0.15) is 29.6 Å². The third-order valence-corrected chi connectivity index (χ3v) is 3.75. The normalized spacial score (nSPS) is 16.3. The van der Waals surface area contributed by atoms with Gasteiger partial charge >= 0.3 is 0 Å². The van der Waals surface area contributed by atoms with Crippen LogP contribution >= 0.6 is 0 Å². The molecule has 0 saturated carbocycles. The number of carbonyl (C=O) groups excluding carboxylic acids is 1. The second-order valence-corrected chi connectivity index (χ2v) is 5.16. The number of amides is 1. The van der Waals surface area contributed by atoms with E-state index in [1.54, 1.807) is 17.0 Å². The van der Waals surface area contributed by atoms with Crippen LogP contribution in [0.15, 0.2) is 24.3 Å². The van der Waals surface area contributed by atoms with E-state index in [4.69, 9.17) is 10.5 Å². The van der Waals surface area contributed by atoms with Crippen molar-refractivity contribution < 1.29 is 9.53 Å². The number of nitrogens with zero attached hydrogens (tertiary/aromatic N) is 1. The Hall–Kier alpha value is -1.55. The lowest BCUT2D eigenvalue weighted by molar-refractivity contribution is 0.0584. The second kappa shape index (κ2) is 6.57. The quantitative estimate of drug-likeness (QED) is 0.846. The maximum atomic E-state index is 12.3. The molecule has 4 heteroatoms. The largest absolute Gasteiger partial charge is 0.398 e. The monoisotopic (exact) mass is 262 g/mol. The zero-order valence-corrected chi connectivity index (χ0v) is 11.5. The standard InChI is InChI=1S/C15H22N2O2/c1-17(9-6-12-7-10-19-11-8-12)15(18)13-4-2-3-5-14(13)16/h2-5,12H,6-11,16H2,1H3. The van der Waals surface area contributed by atoms with Gasteiger partial charge in [-0.25, -0.2) is 0 Å². The number of anilines is 1. The number of rotatable bonds is 4. The lowest BCUT2D eigenvalue weighted by Crippen LogP contribution is -2.30. The van der Waals surface area contributed by atoms with Crippen molar-refractivity contribution in [3.63, 3.8) is 0 Å². The number of ether oxygens (including phenoxy) is 1. The third-order valence-electron chi connectivity index (χ3n) is 3.75. The molecule has 0 aromatic heterocycles. The molecule has 1 aliphatic rings. The van der Waals surface area contributed by atoms with Crippen molar-refractivity contribution in [2.75, 3.05) is 32.5 Å². The summed E-state index contributed by atoms with van der Waals surface area (Å²) in [6, 6.07) is 7.23. The molecular weight excluding hydrogens is 240 g/mol. The molecule has 0 radical (unpaired) electrons. The summed E-state index contributed by atoms with van der Waals surface area (Å²) >= 11 is 0. The maximum Gasteiger partial charge on any atom is 0.255 e. The highest BCUT2D eigenvalue weighted by molar-refractivity contribution is 5.98. The van der Waals surface area contributed by atoms with Crippen LogP contribution in [0.5, 0.6) is 0 Å². The van der Waals surface area contributed by atoms with E-state index in [1.165, 1.54) is 0 Å². The molecule has 1 aromatic carbocycles. The van der Waals surface area contributed by atoms with Gasteiger partial charge in [0.25, 0.3) is 5.91 Å². The van der Waals surface area contributed by atoms with Crippen molar-refractivity contribution in [3.05, 3.63) is 29.8 Å². The highest BCUT2D eigenvalue weighted by Crippen LogP contribution is 2.19. The Bertz CT molecular complexity index is 428. The van der Waals surface area contributed by atoms with Crippen LogP contribution in [0, 0.1) is 5.92 Å². The average Bonchev–Trinajstić information content (AvgIpc) is 2.45. The Morgan fingerprint density at radius 2 is 2.05 bits per heavy atom. The molecule has 0 atom stereocenters. The predicted molar refractivity (Wildman–Crippen MR) is 76.0 cm³/mol. The van der Waals surface area contributed by atoms with Crippen LogP contribution < -0.4 is 5.73 Å². The fourth-order valence-electron chi connectivity index (χ4n) is 2.41. The van der Waals surface area contributed by atoms with Gasteiger partial charge in [-0.15, -0.1) is 0 Å². The maximum absolute atomic E-state index is 12.3. The predicted octanol–water partition coefficient (Wildman–Crippen LogP) is 2.16. The molecule has 0 bridgehead atoms. The van der Waals surface area contributed by atoms with E-state index >= 15 is 0 Å². The number of hydrogen-bond acceptors (Lipinski definition) is 3. The highest BCUT2D eigenvalue weighted by Gasteiger charge is 2.18. The molecule has 4 nitrogen and oxygen atoms in total. The van der Waals surface area contributed by atoms with Gasteiger partial charge in [-0.3, -0.25) is 4.79 Å². The van der Waals surface area contributed by atoms with Gasteiger partial charge in [-0.2, -0.15) is 0 Å². The van der Waals surface area contributed by atoms with E-state index in [1.807, 2.05) is 19.2 Å². The van der Waals surface area contributed by atoms with Crippen LogP contribution in [-0.2, 0) is 4.74 Å². The van der Waals surface area contributed by atoms with E-state index in [2.05, 4.69) is 0 Å². The van der Waals surface area contributed by atoms with E-state index in [0.29, 0.717) is 17.2 Å². The van der Waals surface area contributed by atoms with Gasteiger partial charge in [0.2, 0.25) is 0 Å². The summed E-state index contributed by atoms with van der Waals surface area (Å²) in [6.07, 6.45) is 3.25. The topological polar surface area (TPSA) is 55.6 Å². The summed E-state index contributed by atoms with van der Waals surface area (Å²) in [6.45, 7) is 2.49. The minimum atomic E-state index is 0.00478. The smallest absolute Gasteiger partial charge is 0.255 e. The molecule has 0 aliphatic carbocycles. The molecular formula is C15H22N2O2. The first-order chi connectivity index (χ1) is 9.18. The van der Waals surface area contributed by atoms with Crippen molar-refractivity contribution in [2.24, 2.45) is 5.92 Å². The minimum Gasteiger partial charge on any atom is -0.398 e. The molecule has 1 amide bonds. The average molecular weight is 262 g/mol. The number of benzene rings is 1. The molecule has 2 N–H and O–H groups in total. The van der Waals surface area contributed by atoms with Crippen molar-refractivity contribution in [3.8, 4) is 0 Å². The summed E-state index contributed by atoms with van der Waals surface area (Å²) in [7, 11) is 1.84. The zero-order chi connectivity index (χ0) is 13.7. The summed E-state index contributed by atoms with van der Waals surface area (Å²) in [5, 5.41) is 0. The van der Waals surface area contributed by atoms with Crippen molar-refractivity contribution in [1.29, 1.82) is 0 Å². The molecule has 1 saturated heterocycles. The van der Waals surface area contributed by atoms with Gasteiger partial charge in [0.05, 0.1) is 5.56 Å². The van der Waals surface area contributed by atoms with Gasteiger partial charge in [-0.05, 0) is 37.3 Å². The van der Waals surface area contributed by atoms with Gasteiger partial charge in [0.1, 0.15) is 0 Å². The van der Waals surface area contributed by atoms with Crippen LogP contribution in [-0.4, -0.2) is 37.6 Å². The van der Waals surface area contributed by atoms with E-state index in [-0.39, 0.29) is 5.91 Å². The molecule has 2 rings (SSSR count). The lowest BCUT2D eigenvalue weighted by atomic mass is 9.96. The molecule has 1 heterocycles. The van der Waals surface area contributed by atoms with Crippen LogP contribution in [0.2, 0.25) is 0 Å². The van der Waals surface area contributed by atoms with Crippen molar-refractivity contribution >= 4 is 11.6 Å². The molecule has 1 aromatic rings. The Kier molecular flexibility index (Phi) is 4.80. The Labute approximate surface area is 114 Å². The number of hydrogen-bond donors (Lipinski definition) is 1. The molecule has 1 fully saturated rings. The first-order valence-electron chi connectivity index (χ1n) is 6.86. The van der Waals surface area contributed by atoms with Gasteiger partial charge < -0.3 is 15.4 Å². The fourth-order valence-corrected chi connectivity index (χ4v) is 2.41. The molecule has 104 valence electrons. The summed E-state index contributed by atoms with van der Waals surface area (Å²) in [5.74, 6) is 0.683. The lowest BCUT2D eigenvalue weighted by Gasteiger charge is -2.25. The fraction of sp³-hybridized carbons (Fsp3) is 0.533. The summed E-state index contributed by atoms with van der Waals surface area (Å²) < 4.78 is 5.34. The Morgan fingerprint density at radius 1 is 1.37 bits per heavy atom. The molecule has 0 spiro atoms. The second-order valence-electron chi connectivity index (χ2n) is 5.16. The van der Waals surface area contributed by atoms with E-state index in [0.717, 1.165) is 39.0 Å². The van der Waals surface area contributed by atoms with Gasteiger partial charge in [0.15, 0.2) is 0 Å². The van der Waals surface area contributed by atoms with E-state index < -0.39 is 0 Å². The number of para-hydroxylation sites is 1. The third kappa shape index (κ3) is 3.70. The molecule has 0 unspecified atom stereocenters. The number of carbonyl (C=O) groups is 1. The number of nitrogen functional groups attached to an aromatic ring is 1.